The van der Waals surface area contributed by atoms with Crippen molar-refractivity contribution in [3.05, 3.63) is 17.5 Å². The first kappa shape index (κ1) is 25.3. The molecule has 0 aliphatic heterocycles. The minimum Gasteiger partial charge on any atom is -0.382 e. The minimum absolute atomic E-state index is 0.173. The first-order chi connectivity index (χ1) is 14.3. The van der Waals surface area contributed by atoms with Crippen molar-refractivity contribution in [2.75, 3.05) is 60.7 Å². The van der Waals surface area contributed by atoms with Gasteiger partial charge in [0.25, 0.3) is 0 Å². The average Bonchev–Trinajstić information content (AvgIpc) is 3.15. The van der Waals surface area contributed by atoms with Gasteiger partial charge in [-0.3, -0.25) is 5.10 Å². The lowest BCUT2D eigenvalue weighted by molar-refractivity contribution is -0.0707. The van der Waals surface area contributed by atoms with Gasteiger partial charge in [0.1, 0.15) is 0 Å². The Morgan fingerprint density at radius 2 is 2.07 bits per heavy atom. The van der Waals surface area contributed by atoms with Crippen molar-refractivity contribution in [3.63, 3.8) is 0 Å². The third kappa shape index (κ3) is 8.63. The topological polar surface area (TPSA) is 71.6 Å². The average molecular weight is 425 g/mol. The summed E-state index contributed by atoms with van der Waals surface area (Å²) < 4.78 is 17.4. The fourth-order valence-electron chi connectivity index (χ4n) is 4.10. The van der Waals surface area contributed by atoms with Crippen molar-refractivity contribution in [1.82, 2.24) is 20.4 Å². The van der Waals surface area contributed by atoms with Gasteiger partial charge in [-0.1, -0.05) is 20.8 Å². The smallest absolute Gasteiger partial charge is 0.0700 e. The summed E-state index contributed by atoms with van der Waals surface area (Å²) in [7, 11) is 5.87. The molecule has 1 aliphatic rings. The van der Waals surface area contributed by atoms with E-state index < -0.39 is 0 Å². The summed E-state index contributed by atoms with van der Waals surface area (Å²) >= 11 is 0. The van der Waals surface area contributed by atoms with Crippen molar-refractivity contribution >= 4 is 0 Å². The van der Waals surface area contributed by atoms with Crippen molar-refractivity contribution < 1.29 is 14.2 Å². The number of hydrogen-bond acceptors (Lipinski definition) is 6. The summed E-state index contributed by atoms with van der Waals surface area (Å²) in [5.41, 5.74) is 2.78. The van der Waals surface area contributed by atoms with Gasteiger partial charge in [-0.05, 0) is 38.8 Å². The van der Waals surface area contributed by atoms with E-state index in [4.69, 9.17) is 14.2 Å². The molecule has 2 N–H and O–H groups in total. The second-order valence-corrected chi connectivity index (χ2v) is 9.90. The normalized spacial score (nSPS) is 22.7. The second-order valence-electron chi connectivity index (χ2n) is 9.90. The van der Waals surface area contributed by atoms with Crippen LogP contribution in [-0.2, 0) is 20.8 Å². The number of H-pyrrole nitrogens is 1. The number of rotatable bonds is 13. The molecule has 0 amide bonds. The van der Waals surface area contributed by atoms with Gasteiger partial charge in [0.05, 0.1) is 38.7 Å². The third-order valence-corrected chi connectivity index (χ3v) is 5.75. The molecule has 1 fully saturated rings. The molecular formula is C23H44N4O3. The Hall–Kier alpha value is -0.990. The van der Waals surface area contributed by atoms with Gasteiger partial charge in [-0.25, -0.2) is 0 Å². The zero-order chi connectivity index (χ0) is 22.0. The zero-order valence-corrected chi connectivity index (χ0v) is 20.0. The maximum absolute atomic E-state index is 6.37. The Labute approximate surface area is 183 Å². The molecule has 1 aliphatic carbocycles. The van der Waals surface area contributed by atoms with E-state index in [1.807, 2.05) is 13.2 Å². The fraction of sp³-hybridized carbons (Fsp3) is 0.870. The highest BCUT2D eigenvalue weighted by molar-refractivity contribution is 5.21. The van der Waals surface area contributed by atoms with Gasteiger partial charge in [-0.2, -0.15) is 5.10 Å². The van der Waals surface area contributed by atoms with E-state index in [-0.39, 0.29) is 11.5 Å². The molecule has 1 aromatic rings. The van der Waals surface area contributed by atoms with Crippen LogP contribution in [0, 0.1) is 11.3 Å². The Balaban J connectivity index is 2.00. The highest BCUT2D eigenvalue weighted by Crippen LogP contribution is 2.39. The van der Waals surface area contributed by atoms with E-state index in [2.05, 4.69) is 48.2 Å². The molecular weight excluding hydrogens is 380 g/mol. The van der Waals surface area contributed by atoms with Crippen LogP contribution in [0.5, 0.6) is 0 Å². The molecule has 3 atom stereocenters. The van der Waals surface area contributed by atoms with E-state index in [0.29, 0.717) is 25.0 Å². The molecule has 174 valence electrons. The molecule has 1 aromatic heterocycles. The molecule has 0 bridgehead atoms. The molecule has 1 heterocycles. The Kier molecular flexibility index (Phi) is 10.8. The number of nitrogens with zero attached hydrogens (tertiary/aromatic N) is 2. The summed E-state index contributed by atoms with van der Waals surface area (Å²) in [4.78, 5) is 2.34. The van der Waals surface area contributed by atoms with E-state index in [9.17, 15) is 0 Å². The lowest BCUT2D eigenvalue weighted by atomic mass is 9.77. The molecule has 0 aromatic carbocycles. The molecule has 0 radical (unpaired) electrons. The molecule has 0 saturated heterocycles. The lowest BCUT2D eigenvalue weighted by Gasteiger charge is -2.37. The van der Waals surface area contributed by atoms with Crippen LogP contribution in [0.15, 0.2) is 6.20 Å². The van der Waals surface area contributed by atoms with Crippen LogP contribution in [0.1, 0.15) is 57.2 Å². The lowest BCUT2D eigenvalue weighted by Crippen LogP contribution is -2.36. The first-order valence-electron chi connectivity index (χ1n) is 11.4. The number of methoxy groups -OCH3 is 1. The number of likely N-dealkylation sites (N-methyl/N-ethyl adjacent to an activating group) is 2. The number of ether oxygens (including phenoxy) is 3. The largest absolute Gasteiger partial charge is 0.382 e. The number of nitrogens with one attached hydrogen (secondary N) is 2. The van der Waals surface area contributed by atoms with Crippen molar-refractivity contribution in [2.24, 2.45) is 11.3 Å². The van der Waals surface area contributed by atoms with Crippen LogP contribution < -0.4 is 5.32 Å². The Bertz CT molecular complexity index is 587. The predicted molar refractivity (Wildman–Crippen MR) is 121 cm³/mol. The molecule has 7 heteroatoms. The summed E-state index contributed by atoms with van der Waals surface area (Å²) in [6.07, 6.45) is 5.51. The second kappa shape index (κ2) is 12.8. The Morgan fingerprint density at radius 1 is 1.27 bits per heavy atom. The van der Waals surface area contributed by atoms with Crippen molar-refractivity contribution in [3.8, 4) is 0 Å². The van der Waals surface area contributed by atoms with Gasteiger partial charge in [0.2, 0.25) is 0 Å². The number of hydrogen-bond donors (Lipinski definition) is 2. The number of aromatic nitrogens is 2. The number of aromatic amines is 1. The van der Waals surface area contributed by atoms with Crippen molar-refractivity contribution in [1.29, 1.82) is 0 Å². The van der Waals surface area contributed by atoms with Crippen molar-refractivity contribution in [2.45, 2.75) is 58.6 Å². The van der Waals surface area contributed by atoms with Crippen LogP contribution in [0.2, 0.25) is 0 Å². The van der Waals surface area contributed by atoms with Gasteiger partial charge in [-0.15, -0.1) is 0 Å². The summed E-state index contributed by atoms with van der Waals surface area (Å²) in [5, 5.41) is 10.9. The summed E-state index contributed by atoms with van der Waals surface area (Å²) in [6.45, 7) is 12.4. The molecule has 1 saturated carbocycles. The zero-order valence-electron chi connectivity index (χ0n) is 20.0. The standard InChI is InChI=1S/C23H44N4O3/c1-23(2,3)17-30-21-8-7-18(13-19(21)16-29-12-11-28-6)22-20(14-25-26-22)15-27(5)10-9-24-4/h14,18-19,21,24H,7-13,15-17H2,1-6H3,(H,25,26). The van der Waals surface area contributed by atoms with Crippen LogP contribution in [0.3, 0.4) is 0 Å². The summed E-state index contributed by atoms with van der Waals surface area (Å²) in [6, 6.07) is 0. The Morgan fingerprint density at radius 3 is 2.77 bits per heavy atom. The molecule has 3 unspecified atom stereocenters. The SMILES string of the molecule is CNCCN(C)Cc1cn[nH]c1C1CCC(OCC(C)(C)C)C(COCCOC)C1. The van der Waals surface area contributed by atoms with Gasteiger partial charge in [0, 0.05) is 49.8 Å². The van der Waals surface area contributed by atoms with Gasteiger partial charge < -0.3 is 24.4 Å². The third-order valence-electron chi connectivity index (χ3n) is 5.75. The fourth-order valence-corrected chi connectivity index (χ4v) is 4.10. The van der Waals surface area contributed by atoms with Gasteiger partial charge in [0.15, 0.2) is 0 Å². The highest BCUT2D eigenvalue weighted by Gasteiger charge is 2.34. The van der Waals surface area contributed by atoms with E-state index in [0.717, 1.165) is 52.1 Å². The van der Waals surface area contributed by atoms with Crippen LogP contribution in [0.25, 0.3) is 0 Å². The van der Waals surface area contributed by atoms with Gasteiger partial charge >= 0.3 is 0 Å². The van der Waals surface area contributed by atoms with Crippen LogP contribution >= 0.6 is 0 Å². The minimum atomic E-state index is 0.173. The summed E-state index contributed by atoms with van der Waals surface area (Å²) in [5.74, 6) is 0.867. The maximum Gasteiger partial charge on any atom is 0.0700 e. The van der Waals surface area contributed by atoms with E-state index in [1.54, 1.807) is 7.11 Å². The molecule has 30 heavy (non-hydrogen) atoms. The molecule has 2 rings (SSSR count). The molecule has 7 nitrogen and oxygen atoms in total. The van der Waals surface area contributed by atoms with Crippen LogP contribution in [-0.4, -0.2) is 81.9 Å². The van der Waals surface area contributed by atoms with E-state index >= 15 is 0 Å². The van der Waals surface area contributed by atoms with E-state index in [1.165, 1.54) is 11.3 Å². The van der Waals surface area contributed by atoms with Crippen LogP contribution in [0.4, 0.5) is 0 Å². The first-order valence-corrected chi connectivity index (χ1v) is 11.4. The predicted octanol–water partition coefficient (Wildman–Crippen LogP) is 3.04. The quantitative estimate of drug-likeness (QED) is 0.474. The highest BCUT2D eigenvalue weighted by atomic mass is 16.5. The maximum atomic E-state index is 6.37. The molecule has 0 spiro atoms. The monoisotopic (exact) mass is 424 g/mol.